The summed E-state index contributed by atoms with van der Waals surface area (Å²) in [5.41, 5.74) is 1.06. The van der Waals surface area contributed by atoms with Crippen molar-refractivity contribution in [3.63, 3.8) is 0 Å². The number of piperazine rings is 1. The number of H-pyrrole nitrogens is 1. The van der Waals surface area contributed by atoms with Crippen LogP contribution in [0.4, 0.5) is 20.4 Å². The van der Waals surface area contributed by atoms with Gasteiger partial charge in [-0.05, 0) is 0 Å². The quantitative estimate of drug-likeness (QED) is 0.602. The molecule has 2 aliphatic heterocycles. The molecule has 0 unspecified atom stereocenters. The van der Waals surface area contributed by atoms with Crippen molar-refractivity contribution in [3.8, 4) is 5.75 Å². The van der Waals surface area contributed by atoms with Crippen LogP contribution in [-0.2, 0) is 24.3 Å². The van der Waals surface area contributed by atoms with E-state index in [2.05, 4.69) is 15.0 Å². The van der Waals surface area contributed by atoms with Gasteiger partial charge in [0, 0.05) is 57.1 Å². The van der Waals surface area contributed by atoms with Crippen LogP contribution in [0, 0.1) is 11.6 Å². The van der Waals surface area contributed by atoms with Gasteiger partial charge >= 0.3 is 0 Å². The van der Waals surface area contributed by atoms with Gasteiger partial charge in [-0.1, -0.05) is 0 Å². The number of imidazole rings is 1. The highest BCUT2D eigenvalue weighted by molar-refractivity contribution is 5.53. The Hall–Kier alpha value is -3.47. The van der Waals surface area contributed by atoms with Crippen LogP contribution in [-0.4, -0.2) is 58.9 Å². The van der Waals surface area contributed by atoms with E-state index in [1.165, 1.54) is 12.1 Å². The first-order valence-corrected chi connectivity index (χ1v) is 10.9. The smallest absolute Gasteiger partial charge is 0.258 e. The molecule has 174 valence electrons. The van der Waals surface area contributed by atoms with E-state index in [4.69, 9.17) is 9.47 Å². The summed E-state index contributed by atoms with van der Waals surface area (Å²) in [5, 5.41) is 0. The predicted molar refractivity (Wildman–Crippen MR) is 117 cm³/mol. The van der Waals surface area contributed by atoms with Gasteiger partial charge in [0.25, 0.3) is 5.56 Å². The molecule has 0 aliphatic carbocycles. The molecule has 9 nitrogen and oxygen atoms in total. The van der Waals surface area contributed by atoms with Gasteiger partial charge in [0.2, 0.25) is 5.95 Å². The Bertz CT molecular complexity index is 1150. The molecule has 33 heavy (non-hydrogen) atoms. The van der Waals surface area contributed by atoms with E-state index in [0.29, 0.717) is 57.3 Å². The lowest BCUT2D eigenvalue weighted by molar-refractivity contribution is 0.108. The fourth-order valence-electron chi connectivity index (χ4n) is 4.14. The monoisotopic (exact) mass is 458 g/mol. The van der Waals surface area contributed by atoms with E-state index in [-0.39, 0.29) is 30.2 Å². The second kappa shape index (κ2) is 9.18. The number of anilines is 2. The number of benzene rings is 1. The average Bonchev–Trinajstić information content (AvgIpc) is 3.33. The normalized spacial score (nSPS) is 16.1. The number of ether oxygens (including phenoxy) is 2. The Labute approximate surface area is 188 Å². The zero-order chi connectivity index (χ0) is 22.8. The van der Waals surface area contributed by atoms with Gasteiger partial charge in [0.15, 0.2) is 11.6 Å². The van der Waals surface area contributed by atoms with Crippen molar-refractivity contribution in [2.24, 2.45) is 0 Å². The fourth-order valence-corrected chi connectivity index (χ4v) is 4.14. The maximum atomic E-state index is 14.8. The first-order valence-electron chi connectivity index (χ1n) is 10.9. The average molecular weight is 458 g/mol. The van der Waals surface area contributed by atoms with Crippen LogP contribution in [0.2, 0.25) is 0 Å². The molecular weight excluding hydrogens is 434 g/mol. The molecule has 0 radical (unpaired) electrons. The van der Waals surface area contributed by atoms with Crippen molar-refractivity contribution >= 4 is 11.6 Å². The highest BCUT2D eigenvalue weighted by Gasteiger charge is 2.26. The third kappa shape index (κ3) is 4.54. The zero-order valence-corrected chi connectivity index (χ0v) is 18.0. The molecular formula is C22H24F2N6O3. The first kappa shape index (κ1) is 21.4. The number of nitrogens with zero attached hydrogens (tertiary/aromatic N) is 5. The fraction of sp³-hybridized carbons (Fsp3) is 0.409. The molecule has 1 aromatic carbocycles. The van der Waals surface area contributed by atoms with E-state index >= 15 is 0 Å². The van der Waals surface area contributed by atoms with Gasteiger partial charge in [-0.3, -0.25) is 9.78 Å². The van der Waals surface area contributed by atoms with E-state index in [0.717, 1.165) is 5.69 Å². The van der Waals surface area contributed by atoms with Crippen LogP contribution in [0.1, 0.15) is 11.3 Å². The second-order valence-electron chi connectivity index (χ2n) is 7.98. The van der Waals surface area contributed by atoms with Crippen LogP contribution < -0.4 is 20.1 Å². The van der Waals surface area contributed by atoms with Crippen LogP contribution in [0.15, 0.2) is 35.6 Å². The van der Waals surface area contributed by atoms with Crippen molar-refractivity contribution in [2.75, 3.05) is 49.2 Å². The standard InChI is InChI=1S/C22H24F2N6O3/c23-17-11-15(33-10-8-28-3-2-25-14-28)12-18(24)20(17)29-4-6-30(7-5-29)22-26-19-1-9-32-13-16(19)21(31)27-22/h2-3,11-12,14H,1,4-10,13H2,(H,26,27,31). The number of fused-ring (bicyclic) bond motifs is 1. The molecule has 0 amide bonds. The maximum absolute atomic E-state index is 14.8. The van der Waals surface area contributed by atoms with Crippen LogP contribution in [0.25, 0.3) is 0 Å². The summed E-state index contributed by atoms with van der Waals surface area (Å²) >= 11 is 0. The molecule has 0 spiro atoms. The molecule has 0 bridgehead atoms. The van der Waals surface area contributed by atoms with E-state index in [1.54, 1.807) is 23.6 Å². The highest BCUT2D eigenvalue weighted by Crippen LogP contribution is 2.29. The topological polar surface area (TPSA) is 88.5 Å². The van der Waals surface area contributed by atoms with Gasteiger partial charge in [-0.15, -0.1) is 0 Å². The lowest BCUT2D eigenvalue weighted by atomic mass is 10.1. The number of aromatic nitrogens is 4. The molecule has 5 rings (SSSR count). The molecule has 0 saturated carbocycles. The van der Waals surface area contributed by atoms with Crippen molar-refractivity contribution < 1.29 is 18.3 Å². The number of rotatable bonds is 6. The minimum Gasteiger partial charge on any atom is -0.492 e. The predicted octanol–water partition coefficient (Wildman–Crippen LogP) is 1.72. The minimum absolute atomic E-state index is 0.0688. The number of halogens is 2. The van der Waals surface area contributed by atoms with Crippen molar-refractivity contribution in [1.29, 1.82) is 0 Å². The third-order valence-corrected chi connectivity index (χ3v) is 5.88. The SMILES string of the molecule is O=c1[nH]c(N2CCN(c3c(F)cc(OCCn4ccnc4)cc3F)CC2)nc2c1COCC2. The Balaban J connectivity index is 1.23. The highest BCUT2D eigenvalue weighted by atomic mass is 19.1. The van der Waals surface area contributed by atoms with Crippen molar-refractivity contribution in [3.05, 3.63) is 64.1 Å². The lowest BCUT2D eigenvalue weighted by Crippen LogP contribution is -2.48. The Morgan fingerprint density at radius 2 is 1.88 bits per heavy atom. The van der Waals surface area contributed by atoms with Crippen LogP contribution >= 0.6 is 0 Å². The summed E-state index contributed by atoms with van der Waals surface area (Å²) in [6.07, 6.45) is 5.69. The summed E-state index contributed by atoms with van der Waals surface area (Å²) in [6, 6.07) is 2.42. The zero-order valence-electron chi connectivity index (χ0n) is 18.0. The molecule has 4 heterocycles. The third-order valence-electron chi connectivity index (χ3n) is 5.88. The Kier molecular flexibility index (Phi) is 5.95. The summed E-state index contributed by atoms with van der Waals surface area (Å²) < 4.78 is 42.2. The number of hydrogen-bond acceptors (Lipinski definition) is 7. The largest absolute Gasteiger partial charge is 0.492 e. The summed E-state index contributed by atoms with van der Waals surface area (Å²) in [4.78, 5) is 27.3. The molecule has 0 atom stereocenters. The van der Waals surface area contributed by atoms with Gasteiger partial charge < -0.3 is 23.8 Å². The first-order chi connectivity index (χ1) is 16.1. The maximum Gasteiger partial charge on any atom is 0.258 e. The van der Waals surface area contributed by atoms with Gasteiger partial charge in [-0.2, -0.15) is 0 Å². The molecule has 2 aliphatic rings. The number of aromatic amines is 1. The summed E-state index contributed by atoms with van der Waals surface area (Å²) in [7, 11) is 0. The molecule has 1 saturated heterocycles. The van der Waals surface area contributed by atoms with Crippen molar-refractivity contribution in [1.82, 2.24) is 19.5 Å². The van der Waals surface area contributed by atoms with Crippen LogP contribution in [0.3, 0.4) is 0 Å². The number of hydrogen-bond donors (Lipinski definition) is 1. The Morgan fingerprint density at radius 3 is 2.61 bits per heavy atom. The molecule has 2 aromatic heterocycles. The van der Waals surface area contributed by atoms with Crippen LogP contribution in [0.5, 0.6) is 5.75 Å². The van der Waals surface area contributed by atoms with E-state index in [9.17, 15) is 13.6 Å². The number of nitrogens with one attached hydrogen (secondary N) is 1. The van der Waals surface area contributed by atoms with Gasteiger partial charge in [0.05, 0.1) is 37.3 Å². The summed E-state index contributed by atoms with van der Waals surface area (Å²) in [6.45, 7) is 3.33. The Morgan fingerprint density at radius 1 is 1.12 bits per heavy atom. The molecule has 1 N–H and O–H groups in total. The van der Waals surface area contributed by atoms with E-state index in [1.807, 2.05) is 9.47 Å². The molecule has 11 heteroatoms. The molecule has 1 fully saturated rings. The summed E-state index contributed by atoms with van der Waals surface area (Å²) in [5.74, 6) is -0.696. The van der Waals surface area contributed by atoms with Crippen molar-refractivity contribution in [2.45, 2.75) is 19.6 Å². The minimum atomic E-state index is -0.665. The molecule has 3 aromatic rings. The van der Waals surface area contributed by atoms with Gasteiger partial charge in [-0.25, -0.2) is 18.7 Å². The van der Waals surface area contributed by atoms with Gasteiger partial charge in [0.1, 0.15) is 18.0 Å². The lowest BCUT2D eigenvalue weighted by Gasteiger charge is -2.36. The van der Waals surface area contributed by atoms with E-state index < -0.39 is 11.6 Å². The second-order valence-corrected chi connectivity index (χ2v) is 7.98.